The molecule has 0 heterocycles. The van der Waals surface area contributed by atoms with E-state index in [1.165, 1.54) is 5.56 Å². The summed E-state index contributed by atoms with van der Waals surface area (Å²) in [5, 5.41) is 9.04. The molecule has 4 heteroatoms. The van der Waals surface area contributed by atoms with Crippen molar-refractivity contribution in [1.82, 2.24) is 10.6 Å². The summed E-state index contributed by atoms with van der Waals surface area (Å²) in [7, 11) is 0. The standard InChI is InChI=1S/C15H25N3O/c1-4-10-16-12(3)13-6-8-14(9-7-13)18-15(19)17-11-5-2/h6-9,12,16H,4-5,10-11H2,1-3H3,(H2,17,18,19). The zero-order chi connectivity index (χ0) is 14.1. The van der Waals surface area contributed by atoms with Crippen LogP contribution in [0.3, 0.4) is 0 Å². The molecule has 0 saturated heterocycles. The Balaban J connectivity index is 2.49. The molecule has 2 amide bonds. The molecule has 0 aliphatic heterocycles. The molecule has 4 nitrogen and oxygen atoms in total. The van der Waals surface area contributed by atoms with Crippen molar-refractivity contribution in [2.45, 2.75) is 39.7 Å². The van der Waals surface area contributed by atoms with Crippen LogP contribution in [0.5, 0.6) is 0 Å². The van der Waals surface area contributed by atoms with Crippen LogP contribution in [-0.2, 0) is 0 Å². The molecule has 106 valence electrons. The van der Waals surface area contributed by atoms with Crippen LogP contribution >= 0.6 is 0 Å². The lowest BCUT2D eigenvalue weighted by atomic mass is 10.1. The highest BCUT2D eigenvalue weighted by atomic mass is 16.2. The van der Waals surface area contributed by atoms with Crippen molar-refractivity contribution in [1.29, 1.82) is 0 Å². The minimum atomic E-state index is -0.147. The first-order valence-corrected chi connectivity index (χ1v) is 7.05. The third kappa shape index (κ3) is 5.75. The summed E-state index contributed by atoms with van der Waals surface area (Å²) >= 11 is 0. The molecule has 1 unspecified atom stereocenters. The number of urea groups is 1. The lowest BCUT2D eigenvalue weighted by molar-refractivity contribution is 0.252. The van der Waals surface area contributed by atoms with Gasteiger partial charge in [0, 0.05) is 18.3 Å². The molecule has 1 aromatic carbocycles. The Labute approximate surface area is 116 Å². The first kappa shape index (κ1) is 15.5. The number of nitrogens with one attached hydrogen (secondary N) is 3. The van der Waals surface area contributed by atoms with Crippen molar-refractivity contribution < 1.29 is 4.79 Å². The van der Waals surface area contributed by atoms with Crippen LogP contribution in [0.4, 0.5) is 10.5 Å². The van der Waals surface area contributed by atoms with Gasteiger partial charge in [0.15, 0.2) is 0 Å². The number of rotatable bonds is 7. The number of carbonyl (C=O) groups excluding carboxylic acids is 1. The molecule has 0 bridgehead atoms. The molecule has 0 fully saturated rings. The first-order valence-electron chi connectivity index (χ1n) is 7.05. The van der Waals surface area contributed by atoms with E-state index in [-0.39, 0.29) is 6.03 Å². The van der Waals surface area contributed by atoms with Crippen molar-refractivity contribution in [2.24, 2.45) is 0 Å². The fourth-order valence-electron chi connectivity index (χ4n) is 1.75. The minimum Gasteiger partial charge on any atom is -0.338 e. The molecule has 0 aromatic heterocycles. The van der Waals surface area contributed by atoms with Gasteiger partial charge in [-0.2, -0.15) is 0 Å². The number of benzene rings is 1. The second kappa shape index (κ2) is 8.53. The van der Waals surface area contributed by atoms with E-state index in [9.17, 15) is 4.79 Å². The molecule has 0 spiro atoms. The zero-order valence-corrected chi connectivity index (χ0v) is 12.1. The molecule has 3 N–H and O–H groups in total. The van der Waals surface area contributed by atoms with Gasteiger partial charge in [-0.05, 0) is 44.0 Å². The van der Waals surface area contributed by atoms with Crippen LogP contribution < -0.4 is 16.0 Å². The van der Waals surface area contributed by atoms with E-state index in [0.29, 0.717) is 12.6 Å². The average molecular weight is 263 g/mol. The van der Waals surface area contributed by atoms with Gasteiger partial charge in [-0.15, -0.1) is 0 Å². The van der Waals surface area contributed by atoms with Crippen LogP contribution in [0.2, 0.25) is 0 Å². The molecule has 0 aliphatic carbocycles. The summed E-state index contributed by atoms with van der Waals surface area (Å²) in [5.74, 6) is 0. The Morgan fingerprint density at radius 3 is 2.32 bits per heavy atom. The second-order valence-corrected chi connectivity index (χ2v) is 4.68. The van der Waals surface area contributed by atoms with Crippen molar-refractivity contribution in [3.05, 3.63) is 29.8 Å². The van der Waals surface area contributed by atoms with Crippen molar-refractivity contribution in [3.63, 3.8) is 0 Å². The summed E-state index contributed by atoms with van der Waals surface area (Å²) < 4.78 is 0. The van der Waals surface area contributed by atoms with Crippen LogP contribution in [0.25, 0.3) is 0 Å². The van der Waals surface area contributed by atoms with Gasteiger partial charge in [0.05, 0.1) is 0 Å². The summed E-state index contributed by atoms with van der Waals surface area (Å²) in [5.41, 5.74) is 2.05. The van der Waals surface area contributed by atoms with E-state index < -0.39 is 0 Å². The lowest BCUT2D eigenvalue weighted by Gasteiger charge is -2.14. The Morgan fingerprint density at radius 1 is 1.11 bits per heavy atom. The van der Waals surface area contributed by atoms with Gasteiger partial charge < -0.3 is 16.0 Å². The summed E-state index contributed by atoms with van der Waals surface area (Å²) in [6.45, 7) is 8.04. The maximum Gasteiger partial charge on any atom is 0.319 e. The van der Waals surface area contributed by atoms with Crippen LogP contribution in [0, 0.1) is 0 Å². The van der Waals surface area contributed by atoms with Gasteiger partial charge in [-0.1, -0.05) is 26.0 Å². The molecule has 1 aromatic rings. The highest BCUT2D eigenvalue weighted by Crippen LogP contribution is 2.15. The Morgan fingerprint density at radius 2 is 1.74 bits per heavy atom. The van der Waals surface area contributed by atoms with E-state index in [0.717, 1.165) is 25.1 Å². The molecule has 0 saturated carbocycles. The van der Waals surface area contributed by atoms with E-state index in [2.05, 4.69) is 29.8 Å². The Hall–Kier alpha value is -1.55. The second-order valence-electron chi connectivity index (χ2n) is 4.68. The molecule has 0 aliphatic rings. The molecule has 19 heavy (non-hydrogen) atoms. The van der Waals surface area contributed by atoms with Crippen LogP contribution in [-0.4, -0.2) is 19.1 Å². The quantitative estimate of drug-likeness (QED) is 0.707. The Kier molecular flexibility index (Phi) is 6.97. The van der Waals surface area contributed by atoms with E-state index in [1.54, 1.807) is 0 Å². The summed E-state index contributed by atoms with van der Waals surface area (Å²) in [4.78, 5) is 11.5. The minimum absolute atomic E-state index is 0.147. The van der Waals surface area contributed by atoms with Gasteiger partial charge >= 0.3 is 6.03 Å². The fraction of sp³-hybridized carbons (Fsp3) is 0.533. The van der Waals surface area contributed by atoms with E-state index in [1.807, 2.05) is 31.2 Å². The maximum absolute atomic E-state index is 11.5. The molecular weight excluding hydrogens is 238 g/mol. The normalized spacial score (nSPS) is 11.9. The number of anilines is 1. The van der Waals surface area contributed by atoms with E-state index >= 15 is 0 Å². The lowest BCUT2D eigenvalue weighted by Crippen LogP contribution is -2.29. The van der Waals surface area contributed by atoms with Crippen LogP contribution in [0.15, 0.2) is 24.3 Å². The van der Waals surface area contributed by atoms with Gasteiger partial charge in [-0.25, -0.2) is 4.79 Å². The molecule has 0 radical (unpaired) electrons. The maximum atomic E-state index is 11.5. The van der Waals surface area contributed by atoms with Gasteiger partial charge in [0.1, 0.15) is 0 Å². The number of carbonyl (C=O) groups is 1. The number of hydrogen-bond acceptors (Lipinski definition) is 2. The smallest absolute Gasteiger partial charge is 0.319 e. The molecular formula is C15H25N3O. The van der Waals surface area contributed by atoms with Gasteiger partial charge in [-0.3, -0.25) is 0 Å². The predicted octanol–water partition coefficient (Wildman–Crippen LogP) is 3.28. The SMILES string of the molecule is CCCNC(=O)Nc1ccc(C(C)NCCC)cc1. The third-order valence-electron chi connectivity index (χ3n) is 2.90. The highest BCUT2D eigenvalue weighted by molar-refractivity contribution is 5.89. The molecule has 1 atom stereocenters. The zero-order valence-electron chi connectivity index (χ0n) is 12.1. The van der Waals surface area contributed by atoms with Gasteiger partial charge in [0.25, 0.3) is 0 Å². The molecule has 1 rings (SSSR count). The van der Waals surface area contributed by atoms with Crippen molar-refractivity contribution in [2.75, 3.05) is 18.4 Å². The third-order valence-corrected chi connectivity index (χ3v) is 2.90. The Bertz CT molecular complexity index is 375. The summed E-state index contributed by atoms with van der Waals surface area (Å²) in [6.07, 6.45) is 2.06. The predicted molar refractivity (Wildman–Crippen MR) is 80.5 cm³/mol. The van der Waals surface area contributed by atoms with E-state index in [4.69, 9.17) is 0 Å². The van der Waals surface area contributed by atoms with Crippen molar-refractivity contribution in [3.8, 4) is 0 Å². The van der Waals surface area contributed by atoms with Crippen molar-refractivity contribution >= 4 is 11.7 Å². The average Bonchev–Trinajstić information content (AvgIpc) is 2.43. The largest absolute Gasteiger partial charge is 0.338 e. The first-order chi connectivity index (χ1) is 9.17. The number of amides is 2. The monoisotopic (exact) mass is 263 g/mol. The van der Waals surface area contributed by atoms with Gasteiger partial charge in [0.2, 0.25) is 0 Å². The highest BCUT2D eigenvalue weighted by Gasteiger charge is 2.05. The fourth-order valence-corrected chi connectivity index (χ4v) is 1.75. The summed E-state index contributed by atoms with van der Waals surface area (Å²) in [6, 6.07) is 8.15. The number of hydrogen-bond donors (Lipinski definition) is 3. The topological polar surface area (TPSA) is 53.2 Å². The van der Waals surface area contributed by atoms with Crippen LogP contribution in [0.1, 0.15) is 45.2 Å².